The lowest BCUT2D eigenvalue weighted by Crippen LogP contribution is -1.99. The summed E-state index contributed by atoms with van der Waals surface area (Å²) in [7, 11) is 1.40. The Kier molecular flexibility index (Phi) is 4.93. The number of aromatic amines is 1. The van der Waals surface area contributed by atoms with Crippen LogP contribution in [0.4, 0.5) is 0 Å². The van der Waals surface area contributed by atoms with Crippen molar-refractivity contribution in [3.05, 3.63) is 47.2 Å². The van der Waals surface area contributed by atoms with Crippen LogP contribution in [-0.4, -0.2) is 24.3 Å². The molecule has 0 aliphatic rings. The van der Waals surface area contributed by atoms with E-state index in [1.807, 2.05) is 25.1 Å². The number of aromatic nitrogens is 1. The van der Waals surface area contributed by atoms with Crippen LogP contribution in [0.25, 0.3) is 10.9 Å². The SMILES string of the molecule is COC(=O)CC/C(C)=C/Cc1cccc2c(C=O)c[nH]c12. The molecule has 0 bridgehead atoms. The smallest absolute Gasteiger partial charge is 0.305 e. The molecule has 0 saturated carbocycles. The molecule has 0 aliphatic carbocycles. The number of rotatable bonds is 6. The van der Waals surface area contributed by atoms with Crippen LogP contribution >= 0.6 is 0 Å². The molecule has 2 aromatic rings. The number of methoxy groups -OCH3 is 1. The summed E-state index contributed by atoms with van der Waals surface area (Å²) in [5.41, 5.74) is 3.97. The average Bonchev–Trinajstić information content (AvgIpc) is 2.94. The van der Waals surface area contributed by atoms with Crippen molar-refractivity contribution in [2.24, 2.45) is 0 Å². The van der Waals surface area contributed by atoms with Crippen LogP contribution in [0.1, 0.15) is 35.7 Å². The van der Waals surface area contributed by atoms with Gasteiger partial charge < -0.3 is 9.72 Å². The first-order chi connectivity index (χ1) is 10.2. The van der Waals surface area contributed by atoms with Gasteiger partial charge in [0.05, 0.1) is 7.11 Å². The third-order valence-electron chi connectivity index (χ3n) is 3.58. The van der Waals surface area contributed by atoms with Crippen LogP contribution in [0.15, 0.2) is 36.0 Å². The van der Waals surface area contributed by atoms with Crippen molar-refractivity contribution in [3.63, 3.8) is 0 Å². The van der Waals surface area contributed by atoms with E-state index in [1.165, 1.54) is 7.11 Å². The maximum Gasteiger partial charge on any atom is 0.305 e. The van der Waals surface area contributed by atoms with E-state index in [0.717, 1.165) is 34.7 Å². The van der Waals surface area contributed by atoms with Gasteiger partial charge in [-0.15, -0.1) is 0 Å². The van der Waals surface area contributed by atoms with Gasteiger partial charge in [-0.1, -0.05) is 29.8 Å². The number of benzene rings is 1. The number of hydrogen-bond donors (Lipinski definition) is 1. The summed E-state index contributed by atoms with van der Waals surface area (Å²) < 4.78 is 4.63. The first kappa shape index (κ1) is 15.0. The Labute approximate surface area is 123 Å². The van der Waals surface area contributed by atoms with E-state index in [0.29, 0.717) is 18.4 Å². The highest BCUT2D eigenvalue weighted by molar-refractivity contribution is 5.98. The van der Waals surface area contributed by atoms with Crippen LogP contribution in [-0.2, 0) is 16.0 Å². The zero-order valence-electron chi connectivity index (χ0n) is 12.3. The number of nitrogens with one attached hydrogen (secondary N) is 1. The number of carbonyl (C=O) groups excluding carboxylic acids is 2. The number of hydrogen-bond acceptors (Lipinski definition) is 3. The van der Waals surface area contributed by atoms with E-state index in [1.54, 1.807) is 6.20 Å². The van der Waals surface area contributed by atoms with E-state index in [4.69, 9.17) is 0 Å². The summed E-state index contributed by atoms with van der Waals surface area (Å²) in [6.07, 6.45) is 6.57. The molecule has 0 fully saturated rings. The molecule has 0 atom stereocenters. The number of allylic oxidation sites excluding steroid dienone is 2. The molecule has 1 aromatic heterocycles. The van der Waals surface area contributed by atoms with Gasteiger partial charge in [0, 0.05) is 29.1 Å². The predicted molar refractivity (Wildman–Crippen MR) is 82.4 cm³/mol. The van der Waals surface area contributed by atoms with Gasteiger partial charge in [0.1, 0.15) is 0 Å². The number of fused-ring (bicyclic) bond motifs is 1. The summed E-state index contributed by atoms with van der Waals surface area (Å²) in [5, 5.41) is 0.947. The van der Waals surface area contributed by atoms with Crippen LogP contribution < -0.4 is 0 Å². The van der Waals surface area contributed by atoms with Gasteiger partial charge in [-0.25, -0.2) is 0 Å². The molecular formula is C17H19NO3. The summed E-state index contributed by atoms with van der Waals surface area (Å²) in [4.78, 5) is 25.2. The molecule has 1 N–H and O–H groups in total. The predicted octanol–water partition coefficient (Wildman–Crippen LogP) is 3.42. The average molecular weight is 285 g/mol. The highest BCUT2D eigenvalue weighted by atomic mass is 16.5. The van der Waals surface area contributed by atoms with Crippen LogP contribution in [0, 0.1) is 0 Å². The van der Waals surface area contributed by atoms with Crippen molar-refractivity contribution in [2.75, 3.05) is 7.11 Å². The summed E-state index contributed by atoms with van der Waals surface area (Å²) in [6.45, 7) is 2.01. The molecule has 4 nitrogen and oxygen atoms in total. The van der Waals surface area contributed by atoms with E-state index < -0.39 is 0 Å². The van der Waals surface area contributed by atoms with Crippen molar-refractivity contribution in [3.8, 4) is 0 Å². The molecule has 1 aromatic carbocycles. The lowest BCUT2D eigenvalue weighted by molar-refractivity contribution is -0.140. The van der Waals surface area contributed by atoms with Gasteiger partial charge in [-0.2, -0.15) is 0 Å². The Balaban J connectivity index is 2.11. The van der Waals surface area contributed by atoms with Gasteiger partial charge >= 0.3 is 5.97 Å². The van der Waals surface area contributed by atoms with Gasteiger partial charge in [0.2, 0.25) is 0 Å². The second-order valence-electron chi connectivity index (χ2n) is 5.03. The number of ether oxygens (including phenoxy) is 1. The van der Waals surface area contributed by atoms with Crippen molar-refractivity contribution in [1.29, 1.82) is 0 Å². The standard InChI is InChI=1S/C17H19NO3/c1-12(7-9-16(20)21-2)6-8-13-4-3-5-15-14(11-19)10-18-17(13)15/h3-6,10-11,18H,7-9H2,1-2H3/b12-6+. The summed E-state index contributed by atoms with van der Waals surface area (Å²) in [5.74, 6) is -0.190. The van der Waals surface area contributed by atoms with E-state index in [9.17, 15) is 9.59 Å². The number of aldehydes is 1. The Hall–Kier alpha value is -2.36. The summed E-state index contributed by atoms with van der Waals surface area (Å²) >= 11 is 0. The minimum absolute atomic E-state index is 0.190. The molecule has 1 heterocycles. The zero-order valence-corrected chi connectivity index (χ0v) is 12.3. The van der Waals surface area contributed by atoms with Crippen molar-refractivity contribution < 1.29 is 14.3 Å². The Morgan fingerprint density at radius 1 is 1.33 bits per heavy atom. The molecule has 4 heteroatoms. The first-order valence-electron chi connectivity index (χ1n) is 6.92. The Bertz CT molecular complexity index is 682. The molecular weight excluding hydrogens is 266 g/mol. The largest absolute Gasteiger partial charge is 0.469 e. The number of H-pyrrole nitrogens is 1. The van der Waals surface area contributed by atoms with Crippen molar-refractivity contribution >= 4 is 23.2 Å². The maximum atomic E-state index is 11.1. The fourth-order valence-electron chi connectivity index (χ4n) is 2.29. The van der Waals surface area contributed by atoms with E-state index >= 15 is 0 Å². The molecule has 110 valence electrons. The molecule has 0 aliphatic heterocycles. The second-order valence-corrected chi connectivity index (χ2v) is 5.03. The number of esters is 1. The van der Waals surface area contributed by atoms with Gasteiger partial charge in [-0.3, -0.25) is 9.59 Å². The molecule has 0 radical (unpaired) electrons. The van der Waals surface area contributed by atoms with Crippen molar-refractivity contribution in [1.82, 2.24) is 4.98 Å². The fourth-order valence-corrected chi connectivity index (χ4v) is 2.29. The molecule has 2 rings (SSSR count). The molecule has 0 saturated heterocycles. The minimum atomic E-state index is -0.190. The van der Waals surface area contributed by atoms with Crippen LogP contribution in [0.3, 0.4) is 0 Å². The molecule has 21 heavy (non-hydrogen) atoms. The monoisotopic (exact) mass is 285 g/mol. The fraction of sp³-hybridized carbons (Fsp3) is 0.294. The summed E-state index contributed by atoms with van der Waals surface area (Å²) in [6, 6.07) is 5.93. The topological polar surface area (TPSA) is 59.2 Å². The number of carbonyl (C=O) groups is 2. The minimum Gasteiger partial charge on any atom is -0.469 e. The van der Waals surface area contributed by atoms with E-state index in [-0.39, 0.29) is 5.97 Å². The lowest BCUT2D eigenvalue weighted by atomic mass is 10.0. The van der Waals surface area contributed by atoms with Crippen LogP contribution in [0.2, 0.25) is 0 Å². The number of para-hydroxylation sites is 1. The van der Waals surface area contributed by atoms with Crippen molar-refractivity contribution in [2.45, 2.75) is 26.2 Å². The first-order valence-corrected chi connectivity index (χ1v) is 6.92. The Morgan fingerprint density at radius 2 is 2.14 bits per heavy atom. The highest BCUT2D eigenvalue weighted by Crippen LogP contribution is 2.21. The van der Waals surface area contributed by atoms with Gasteiger partial charge in [-0.05, 0) is 25.3 Å². The molecule has 0 unspecified atom stereocenters. The van der Waals surface area contributed by atoms with Crippen LogP contribution in [0.5, 0.6) is 0 Å². The third kappa shape index (κ3) is 3.60. The Morgan fingerprint density at radius 3 is 2.86 bits per heavy atom. The molecule has 0 spiro atoms. The zero-order chi connectivity index (χ0) is 15.2. The maximum absolute atomic E-state index is 11.1. The quantitative estimate of drug-likeness (QED) is 0.502. The third-order valence-corrected chi connectivity index (χ3v) is 3.58. The molecule has 0 amide bonds. The lowest BCUT2D eigenvalue weighted by Gasteiger charge is -2.03. The normalized spacial score (nSPS) is 11.6. The van der Waals surface area contributed by atoms with E-state index in [2.05, 4.69) is 15.8 Å². The highest BCUT2D eigenvalue weighted by Gasteiger charge is 2.06. The van der Waals surface area contributed by atoms with Gasteiger partial charge in [0.25, 0.3) is 0 Å². The second kappa shape index (κ2) is 6.88. The van der Waals surface area contributed by atoms with Gasteiger partial charge in [0.15, 0.2) is 6.29 Å².